The van der Waals surface area contributed by atoms with Crippen LogP contribution < -0.4 is 5.32 Å². The molecule has 1 heterocycles. The van der Waals surface area contributed by atoms with Crippen LogP contribution in [0.15, 0.2) is 46.9 Å². The summed E-state index contributed by atoms with van der Waals surface area (Å²) in [6.45, 7) is 5.01. The lowest BCUT2D eigenvalue weighted by Gasteiger charge is -2.28. The summed E-state index contributed by atoms with van der Waals surface area (Å²) < 4.78 is 5.92. The Morgan fingerprint density at radius 1 is 1.10 bits per heavy atom. The first-order valence-electron chi connectivity index (χ1n) is 9.94. The Hall–Kier alpha value is -3.00. The smallest absolute Gasteiger partial charge is 0.330 e. The van der Waals surface area contributed by atoms with Crippen LogP contribution in [0.3, 0.4) is 0 Å². The van der Waals surface area contributed by atoms with Crippen molar-refractivity contribution in [1.29, 1.82) is 0 Å². The summed E-state index contributed by atoms with van der Waals surface area (Å²) in [5.41, 5.74) is 2.09. The number of halogens is 1. The van der Waals surface area contributed by atoms with Crippen LogP contribution in [-0.4, -0.2) is 41.2 Å². The second-order valence-corrected chi connectivity index (χ2v) is 8.35. The molecule has 2 unspecified atom stereocenters. The molecule has 2 aromatic rings. The van der Waals surface area contributed by atoms with Gasteiger partial charge in [-0.2, -0.15) is 0 Å². The molecular formula is C23H23BrN2O5. The number of carbonyl (C=O) groups is 4. The van der Waals surface area contributed by atoms with E-state index in [1.54, 1.807) is 37.3 Å². The van der Waals surface area contributed by atoms with E-state index >= 15 is 0 Å². The lowest BCUT2D eigenvalue weighted by Crippen LogP contribution is -2.49. The van der Waals surface area contributed by atoms with Crippen LogP contribution >= 0.6 is 15.9 Å². The molecule has 1 N–H and O–H groups in total. The van der Waals surface area contributed by atoms with Gasteiger partial charge in [0.05, 0.1) is 16.8 Å². The zero-order valence-electron chi connectivity index (χ0n) is 17.5. The fourth-order valence-electron chi connectivity index (χ4n) is 3.41. The minimum absolute atomic E-state index is 0.260. The molecule has 162 valence electrons. The Kier molecular flexibility index (Phi) is 6.90. The molecular weight excluding hydrogens is 464 g/mol. The van der Waals surface area contributed by atoms with Crippen molar-refractivity contribution in [3.8, 4) is 0 Å². The Bertz CT molecular complexity index is 1020. The lowest BCUT2D eigenvalue weighted by atomic mass is 9.97. The van der Waals surface area contributed by atoms with Gasteiger partial charge in [-0.1, -0.05) is 38.5 Å². The number of nitrogens with one attached hydrogen (secondary N) is 1. The average molecular weight is 487 g/mol. The number of nitrogens with zero attached hydrogens (tertiary/aromatic N) is 1. The first kappa shape index (κ1) is 22.7. The molecule has 2 aromatic carbocycles. The molecule has 8 heteroatoms. The van der Waals surface area contributed by atoms with E-state index in [9.17, 15) is 19.2 Å². The summed E-state index contributed by atoms with van der Waals surface area (Å²) in [4.78, 5) is 51.8. The first-order valence-corrected chi connectivity index (χ1v) is 10.7. The van der Waals surface area contributed by atoms with Gasteiger partial charge in [0.15, 0.2) is 6.61 Å². The van der Waals surface area contributed by atoms with E-state index in [-0.39, 0.29) is 17.0 Å². The number of fused-ring (bicyclic) bond motifs is 1. The maximum atomic E-state index is 12.9. The van der Waals surface area contributed by atoms with E-state index < -0.39 is 36.3 Å². The van der Waals surface area contributed by atoms with Crippen molar-refractivity contribution < 1.29 is 23.9 Å². The van der Waals surface area contributed by atoms with E-state index in [1.165, 1.54) is 0 Å². The zero-order chi connectivity index (χ0) is 22.7. The molecule has 0 fully saturated rings. The van der Waals surface area contributed by atoms with Gasteiger partial charge in [-0.25, -0.2) is 4.79 Å². The number of ether oxygens (including phenoxy) is 1. The van der Waals surface area contributed by atoms with Gasteiger partial charge in [-0.15, -0.1) is 0 Å². The van der Waals surface area contributed by atoms with Crippen molar-refractivity contribution in [3.63, 3.8) is 0 Å². The maximum Gasteiger partial charge on any atom is 0.330 e. The highest BCUT2D eigenvalue weighted by Gasteiger charge is 2.45. The summed E-state index contributed by atoms with van der Waals surface area (Å²) in [5, 5.41) is 2.67. The lowest BCUT2D eigenvalue weighted by molar-refractivity contribution is -0.152. The monoisotopic (exact) mass is 486 g/mol. The molecule has 1 aliphatic rings. The zero-order valence-corrected chi connectivity index (χ0v) is 19.1. The standard InChI is InChI=1S/C23H23BrN2O5/c1-4-14(3)20(26-21(28)15-7-5-6-8-16(15)22(26)29)23(30)31-12-19(27)25-18-10-9-13(2)11-17(18)24/h5-11,14,20H,4,12H2,1-3H3,(H,25,27). The van der Waals surface area contributed by atoms with Gasteiger partial charge in [-0.05, 0) is 58.6 Å². The minimum atomic E-state index is -1.11. The molecule has 3 amide bonds. The van der Waals surface area contributed by atoms with Gasteiger partial charge in [-0.3, -0.25) is 19.3 Å². The predicted octanol–water partition coefficient (Wildman–Crippen LogP) is 3.95. The van der Waals surface area contributed by atoms with Gasteiger partial charge in [0.25, 0.3) is 17.7 Å². The van der Waals surface area contributed by atoms with E-state index in [0.29, 0.717) is 16.6 Å². The van der Waals surface area contributed by atoms with Gasteiger partial charge >= 0.3 is 5.97 Å². The molecule has 2 atom stereocenters. The molecule has 31 heavy (non-hydrogen) atoms. The summed E-state index contributed by atoms with van der Waals surface area (Å²) in [6, 6.07) is 10.8. The third-order valence-electron chi connectivity index (χ3n) is 5.27. The highest BCUT2D eigenvalue weighted by atomic mass is 79.9. The fraction of sp³-hybridized carbons (Fsp3) is 0.304. The Balaban J connectivity index is 1.72. The van der Waals surface area contributed by atoms with Crippen molar-refractivity contribution in [2.45, 2.75) is 33.2 Å². The van der Waals surface area contributed by atoms with E-state index in [2.05, 4.69) is 21.2 Å². The SMILES string of the molecule is CCC(C)C(C(=O)OCC(=O)Nc1ccc(C)cc1Br)N1C(=O)c2ccccc2C1=O. The Morgan fingerprint density at radius 2 is 1.71 bits per heavy atom. The molecule has 0 saturated heterocycles. The van der Waals surface area contributed by atoms with Crippen LogP contribution in [0.2, 0.25) is 0 Å². The van der Waals surface area contributed by atoms with Crippen LogP contribution in [0, 0.1) is 12.8 Å². The van der Waals surface area contributed by atoms with Gasteiger partial charge in [0, 0.05) is 4.47 Å². The number of aryl methyl sites for hydroxylation is 1. The number of esters is 1. The number of benzene rings is 2. The molecule has 7 nitrogen and oxygen atoms in total. The Labute approximate surface area is 188 Å². The summed E-state index contributed by atoms with van der Waals surface area (Å²) in [6.07, 6.45) is 0.537. The van der Waals surface area contributed by atoms with Crippen LogP contribution in [0.1, 0.15) is 46.5 Å². The molecule has 0 saturated carbocycles. The largest absolute Gasteiger partial charge is 0.454 e. The number of imide groups is 1. The molecule has 1 aliphatic heterocycles. The average Bonchev–Trinajstić information content (AvgIpc) is 2.99. The molecule has 3 rings (SSSR count). The third-order valence-corrected chi connectivity index (χ3v) is 5.93. The number of rotatable bonds is 7. The van der Waals surface area contributed by atoms with Crippen molar-refractivity contribution in [2.24, 2.45) is 5.92 Å². The minimum Gasteiger partial charge on any atom is -0.454 e. The van der Waals surface area contributed by atoms with Crippen LogP contribution in [-0.2, 0) is 14.3 Å². The topological polar surface area (TPSA) is 92.8 Å². The summed E-state index contributed by atoms with van der Waals surface area (Å²) in [7, 11) is 0. The van der Waals surface area contributed by atoms with E-state index in [4.69, 9.17) is 4.74 Å². The second-order valence-electron chi connectivity index (χ2n) is 7.50. The number of carbonyl (C=O) groups excluding carboxylic acids is 4. The molecule has 0 aliphatic carbocycles. The number of amides is 3. The van der Waals surface area contributed by atoms with Crippen LogP contribution in [0.25, 0.3) is 0 Å². The molecule has 0 spiro atoms. The summed E-state index contributed by atoms with van der Waals surface area (Å²) in [5.74, 6) is -2.72. The quantitative estimate of drug-likeness (QED) is 0.472. The summed E-state index contributed by atoms with van der Waals surface area (Å²) >= 11 is 3.38. The van der Waals surface area contributed by atoms with E-state index in [0.717, 1.165) is 10.5 Å². The first-order chi connectivity index (χ1) is 14.7. The second kappa shape index (κ2) is 9.43. The molecule has 0 bridgehead atoms. The van der Waals surface area contributed by atoms with Gasteiger partial charge in [0.2, 0.25) is 0 Å². The molecule has 0 aromatic heterocycles. The van der Waals surface area contributed by atoms with Crippen molar-refractivity contribution in [1.82, 2.24) is 4.90 Å². The van der Waals surface area contributed by atoms with Crippen molar-refractivity contribution in [2.75, 3.05) is 11.9 Å². The normalized spacial score (nSPS) is 14.8. The van der Waals surface area contributed by atoms with E-state index in [1.807, 2.05) is 26.0 Å². The Morgan fingerprint density at radius 3 is 2.26 bits per heavy atom. The van der Waals surface area contributed by atoms with Crippen LogP contribution in [0.5, 0.6) is 0 Å². The van der Waals surface area contributed by atoms with Gasteiger partial charge in [0.1, 0.15) is 6.04 Å². The maximum absolute atomic E-state index is 12.9. The van der Waals surface area contributed by atoms with Crippen molar-refractivity contribution >= 4 is 45.3 Å². The fourth-order valence-corrected chi connectivity index (χ4v) is 4.00. The third kappa shape index (κ3) is 4.69. The predicted molar refractivity (Wildman–Crippen MR) is 119 cm³/mol. The highest BCUT2D eigenvalue weighted by Crippen LogP contribution is 2.29. The highest BCUT2D eigenvalue weighted by molar-refractivity contribution is 9.10. The number of anilines is 1. The number of hydrogen-bond acceptors (Lipinski definition) is 5. The van der Waals surface area contributed by atoms with Crippen LogP contribution in [0.4, 0.5) is 5.69 Å². The van der Waals surface area contributed by atoms with Crippen molar-refractivity contribution in [3.05, 3.63) is 63.6 Å². The molecule has 0 radical (unpaired) electrons. The number of hydrogen-bond donors (Lipinski definition) is 1. The van der Waals surface area contributed by atoms with Gasteiger partial charge < -0.3 is 10.1 Å².